The maximum atomic E-state index is 11.2. The smallest absolute Gasteiger partial charge is 0.354 e. The molecule has 0 aliphatic rings. The summed E-state index contributed by atoms with van der Waals surface area (Å²) in [6.45, 7) is 0. The van der Waals surface area contributed by atoms with Crippen molar-refractivity contribution in [3.8, 4) is 0 Å². The Bertz CT molecular complexity index is 528. The van der Waals surface area contributed by atoms with E-state index in [1.807, 2.05) is 6.07 Å². The summed E-state index contributed by atoms with van der Waals surface area (Å²) in [7, 11) is 1.31. The zero-order valence-electron chi connectivity index (χ0n) is 8.11. The van der Waals surface area contributed by atoms with Gasteiger partial charge in [-0.2, -0.15) is 0 Å². The van der Waals surface area contributed by atoms with Crippen LogP contribution in [0.5, 0.6) is 0 Å². The molecule has 15 heavy (non-hydrogen) atoms. The summed E-state index contributed by atoms with van der Waals surface area (Å²) < 4.78 is 4.58. The molecule has 0 saturated heterocycles. The Hall–Kier alpha value is -2.10. The number of aldehydes is 1. The van der Waals surface area contributed by atoms with Gasteiger partial charge in [-0.3, -0.25) is 4.79 Å². The van der Waals surface area contributed by atoms with E-state index in [-0.39, 0.29) is 0 Å². The third kappa shape index (κ3) is 1.50. The highest BCUT2D eigenvalue weighted by Gasteiger charge is 2.10. The molecule has 0 fully saturated rings. The van der Waals surface area contributed by atoms with E-state index in [0.29, 0.717) is 16.8 Å². The molecule has 0 amide bonds. The number of carbonyl (C=O) groups excluding carboxylic acids is 2. The Morgan fingerprint density at radius 3 is 2.93 bits per heavy atom. The summed E-state index contributed by atoms with van der Waals surface area (Å²) >= 11 is 0. The highest BCUT2D eigenvalue weighted by atomic mass is 16.5. The molecule has 0 aliphatic carbocycles. The first-order chi connectivity index (χ1) is 7.26. The minimum atomic E-state index is -0.442. The standard InChI is InChI=1S/C11H9NO3/c1-15-11(14)9-5-7-3-2-4-8(6-13)10(7)12-9/h2-6,12H,1H3. The molecule has 0 saturated carbocycles. The van der Waals surface area contributed by atoms with E-state index in [4.69, 9.17) is 0 Å². The Kier molecular flexibility index (Phi) is 2.25. The van der Waals surface area contributed by atoms with Gasteiger partial charge >= 0.3 is 5.97 Å². The van der Waals surface area contributed by atoms with E-state index in [0.717, 1.165) is 11.7 Å². The van der Waals surface area contributed by atoms with Gasteiger partial charge in [0.25, 0.3) is 0 Å². The number of fused-ring (bicyclic) bond motifs is 1. The Labute approximate surface area is 85.9 Å². The number of ether oxygens (including phenoxy) is 1. The molecule has 0 radical (unpaired) electrons. The summed E-state index contributed by atoms with van der Waals surface area (Å²) in [6.07, 6.45) is 0.750. The first-order valence-corrected chi connectivity index (χ1v) is 4.41. The van der Waals surface area contributed by atoms with Crippen LogP contribution < -0.4 is 0 Å². The lowest BCUT2D eigenvalue weighted by Gasteiger charge is -1.93. The number of esters is 1. The number of methoxy groups -OCH3 is 1. The molecular weight excluding hydrogens is 194 g/mol. The molecule has 76 valence electrons. The molecule has 0 bridgehead atoms. The van der Waals surface area contributed by atoms with Crippen molar-refractivity contribution in [1.29, 1.82) is 0 Å². The largest absolute Gasteiger partial charge is 0.464 e. The predicted molar refractivity (Wildman–Crippen MR) is 55.0 cm³/mol. The van der Waals surface area contributed by atoms with Crippen molar-refractivity contribution in [3.05, 3.63) is 35.5 Å². The minimum absolute atomic E-state index is 0.349. The number of nitrogens with one attached hydrogen (secondary N) is 1. The van der Waals surface area contributed by atoms with Crippen molar-refractivity contribution in [3.63, 3.8) is 0 Å². The maximum absolute atomic E-state index is 11.2. The van der Waals surface area contributed by atoms with Crippen LogP contribution in [0.2, 0.25) is 0 Å². The lowest BCUT2D eigenvalue weighted by molar-refractivity contribution is 0.0595. The molecule has 0 spiro atoms. The molecule has 4 heteroatoms. The van der Waals surface area contributed by atoms with Gasteiger partial charge in [-0.05, 0) is 12.1 Å². The summed E-state index contributed by atoms with van der Waals surface area (Å²) in [6, 6.07) is 6.94. The van der Waals surface area contributed by atoms with Crippen LogP contribution in [0.15, 0.2) is 24.3 Å². The molecule has 1 aromatic carbocycles. The van der Waals surface area contributed by atoms with E-state index in [1.54, 1.807) is 18.2 Å². The summed E-state index contributed by atoms with van der Waals surface area (Å²) in [4.78, 5) is 24.8. The topological polar surface area (TPSA) is 59.2 Å². The first kappa shape index (κ1) is 9.45. The van der Waals surface area contributed by atoms with Crippen molar-refractivity contribution < 1.29 is 14.3 Å². The molecule has 1 heterocycles. The highest BCUT2D eigenvalue weighted by Crippen LogP contribution is 2.18. The Morgan fingerprint density at radius 1 is 1.47 bits per heavy atom. The lowest BCUT2D eigenvalue weighted by Crippen LogP contribution is -2.00. The number of para-hydroxylation sites is 1. The van der Waals surface area contributed by atoms with Crippen molar-refractivity contribution in [2.45, 2.75) is 0 Å². The fourth-order valence-corrected chi connectivity index (χ4v) is 1.50. The normalized spacial score (nSPS) is 10.2. The van der Waals surface area contributed by atoms with Crippen LogP contribution in [0.1, 0.15) is 20.8 Å². The predicted octanol–water partition coefficient (Wildman–Crippen LogP) is 1.77. The van der Waals surface area contributed by atoms with Crippen LogP contribution in [-0.2, 0) is 4.74 Å². The summed E-state index contributed by atoms with van der Waals surface area (Å²) in [5, 5.41) is 0.819. The van der Waals surface area contributed by atoms with Crippen molar-refractivity contribution in [2.24, 2.45) is 0 Å². The van der Waals surface area contributed by atoms with E-state index >= 15 is 0 Å². The zero-order chi connectivity index (χ0) is 10.8. The van der Waals surface area contributed by atoms with Crippen molar-refractivity contribution >= 4 is 23.2 Å². The molecule has 4 nitrogen and oxygen atoms in total. The van der Waals surface area contributed by atoms with Crippen LogP contribution >= 0.6 is 0 Å². The van der Waals surface area contributed by atoms with Crippen molar-refractivity contribution in [1.82, 2.24) is 4.98 Å². The van der Waals surface area contributed by atoms with Gasteiger partial charge in [-0.15, -0.1) is 0 Å². The first-order valence-electron chi connectivity index (χ1n) is 4.41. The van der Waals surface area contributed by atoms with Crippen molar-refractivity contribution in [2.75, 3.05) is 7.11 Å². The number of rotatable bonds is 2. The second-order valence-corrected chi connectivity index (χ2v) is 3.10. The van der Waals surface area contributed by atoms with Gasteiger partial charge in [-0.25, -0.2) is 4.79 Å². The quantitative estimate of drug-likeness (QED) is 0.597. The fourth-order valence-electron chi connectivity index (χ4n) is 1.50. The average molecular weight is 203 g/mol. The number of aromatic nitrogens is 1. The molecule has 0 atom stereocenters. The molecular formula is C11H9NO3. The van der Waals surface area contributed by atoms with Gasteiger partial charge in [0.15, 0.2) is 6.29 Å². The van der Waals surface area contributed by atoms with Gasteiger partial charge < -0.3 is 9.72 Å². The molecule has 0 aliphatic heterocycles. The maximum Gasteiger partial charge on any atom is 0.354 e. The lowest BCUT2D eigenvalue weighted by atomic mass is 10.2. The number of hydrogen-bond donors (Lipinski definition) is 1. The van der Waals surface area contributed by atoms with Crippen LogP contribution in [-0.4, -0.2) is 24.3 Å². The van der Waals surface area contributed by atoms with Crippen LogP contribution in [0, 0.1) is 0 Å². The minimum Gasteiger partial charge on any atom is -0.464 e. The molecule has 1 N–H and O–H groups in total. The van der Waals surface area contributed by atoms with Gasteiger partial charge in [0.2, 0.25) is 0 Å². The number of benzene rings is 1. The number of hydrogen-bond acceptors (Lipinski definition) is 3. The Morgan fingerprint density at radius 2 is 2.27 bits per heavy atom. The molecule has 0 unspecified atom stereocenters. The van der Waals surface area contributed by atoms with E-state index in [2.05, 4.69) is 9.72 Å². The van der Waals surface area contributed by atoms with Crippen LogP contribution in [0.3, 0.4) is 0 Å². The average Bonchev–Trinajstić information content (AvgIpc) is 2.71. The van der Waals surface area contributed by atoms with E-state index in [9.17, 15) is 9.59 Å². The monoisotopic (exact) mass is 203 g/mol. The van der Waals surface area contributed by atoms with Gasteiger partial charge in [-0.1, -0.05) is 12.1 Å². The summed E-state index contributed by atoms with van der Waals surface area (Å²) in [5.74, 6) is -0.442. The molecule has 2 aromatic rings. The van der Waals surface area contributed by atoms with Crippen LogP contribution in [0.25, 0.3) is 10.9 Å². The third-order valence-electron chi connectivity index (χ3n) is 2.22. The summed E-state index contributed by atoms with van der Waals surface area (Å²) in [5.41, 5.74) is 1.54. The number of H-pyrrole nitrogens is 1. The molecule has 2 rings (SSSR count). The van der Waals surface area contributed by atoms with E-state index < -0.39 is 5.97 Å². The number of carbonyl (C=O) groups is 2. The number of aromatic amines is 1. The Balaban J connectivity index is 2.65. The third-order valence-corrected chi connectivity index (χ3v) is 2.22. The van der Waals surface area contributed by atoms with E-state index in [1.165, 1.54) is 7.11 Å². The second-order valence-electron chi connectivity index (χ2n) is 3.10. The van der Waals surface area contributed by atoms with Gasteiger partial charge in [0.05, 0.1) is 12.6 Å². The SMILES string of the molecule is COC(=O)c1cc2cccc(C=O)c2[nH]1. The second kappa shape index (κ2) is 3.57. The van der Waals surface area contributed by atoms with Crippen LogP contribution in [0.4, 0.5) is 0 Å². The molecule has 1 aromatic heterocycles. The zero-order valence-corrected chi connectivity index (χ0v) is 8.11. The van der Waals surface area contributed by atoms with Gasteiger partial charge in [0.1, 0.15) is 5.69 Å². The highest BCUT2D eigenvalue weighted by molar-refractivity contribution is 6.01. The van der Waals surface area contributed by atoms with Gasteiger partial charge in [0, 0.05) is 10.9 Å². The fraction of sp³-hybridized carbons (Fsp3) is 0.0909.